The van der Waals surface area contributed by atoms with Crippen molar-refractivity contribution in [2.45, 2.75) is 51.8 Å². The number of hydrogen-bond donors (Lipinski definition) is 1. The lowest BCUT2D eigenvalue weighted by Crippen LogP contribution is -2.31. The van der Waals surface area contributed by atoms with Gasteiger partial charge in [-0.3, -0.25) is 9.59 Å². The number of likely N-dealkylation sites (tertiary alicyclic amines) is 1. The van der Waals surface area contributed by atoms with Crippen molar-refractivity contribution in [3.63, 3.8) is 0 Å². The number of aliphatic hydroxyl groups excluding tert-OH is 1. The molecule has 3 heterocycles. The lowest BCUT2D eigenvalue weighted by molar-refractivity contribution is -0.139. The van der Waals surface area contributed by atoms with E-state index in [1.807, 2.05) is 61.0 Å². The van der Waals surface area contributed by atoms with E-state index < -0.39 is 17.7 Å². The van der Waals surface area contributed by atoms with Crippen LogP contribution in [0.1, 0.15) is 49.4 Å². The largest absolute Gasteiger partial charge is 0.507 e. The Morgan fingerprint density at radius 2 is 2.05 bits per heavy atom. The van der Waals surface area contributed by atoms with Crippen molar-refractivity contribution in [1.29, 1.82) is 0 Å². The van der Waals surface area contributed by atoms with Gasteiger partial charge in [0.25, 0.3) is 11.7 Å². The van der Waals surface area contributed by atoms with E-state index in [2.05, 4.69) is 4.98 Å². The summed E-state index contributed by atoms with van der Waals surface area (Å²) in [6.07, 6.45) is 7.55. The van der Waals surface area contributed by atoms with Crippen molar-refractivity contribution < 1.29 is 24.2 Å². The maximum atomic E-state index is 13.4. The number of nitrogens with zero attached hydrogens (tertiary/aromatic N) is 3. The van der Waals surface area contributed by atoms with Crippen LogP contribution in [0.15, 0.2) is 66.8 Å². The normalized spacial score (nSPS) is 20.2. The molecule has 2 aromatic carbocycles. The maximum absolute atomic E-state index is 13.4. The Bertz CT molecular complexity index is 1330. The molecule has 192 valence electrons. The summed E-state index contributed by atoms with van der Waals surface area (Å²) in [7, 11) is 0. The standard InChI is InChI=1S/C29H31N3O5/c1-3-14-36-23-7-4-6-20(17-23)26-25(27(33)21-8-9-24-22(16-21)15-19(2)37-24)28(34)29(35)32(26)12-5-11-31-13-10-30-18-31/h4,6-10,13,16-19,26,33H,3,5,11-12,14-15H2,1-2H3/t19-,26+/m0/s1. The van der Waals surface area contributed by atoms with E-state index in [0.717, 1.165) is 29.7 Å². The fourth-order valence-electron chi connectivity index (χ4n) is 5.02. The molecule has 8 heteroatoms. The highest BCUT2D eigenvalue weighted by molar-refractivity contribution is 6.46. The van der Waals surface area contributed by atoms with Crippen molar-refractivity contribution in [2.24, 2.45) is 0 Å². The molecule has 2 aliphatic heterocycles. The predicted octanol–water partition coefficient (Wildman–Crippen LogP) is 4.51. The summed E-state index contributed by atoms with van der Waals surface area (Å²) in [6, 6.07) is 12.1. The third kappa shape index (κ3) is 4.96. The number of ketones is 1. The summed E-state index contributed by atoms with van der Waals surface area (Å²) < 4.78 is 13.5. The molecule has 2 aliphatic rings. The van der Waals surface area contributed by atoms with Gasteiger partial charge in [0.1, 0.15) is 23.4 Å². The van der Waals surface area contributed by atoms with Gasteiger partial charge in [-0.15, -0.1) is 0 Å². The minimum absolute atomic E-state index is 0.0549. The van der Waals surface area contributed by atoms with Gasteiger partial charge in [0, 0.05) is 37.5 Å². The Labute approximate surface area is 216 Å². The average Bonchev–Trinajstić information content (AvgIpc) is 3.61. The molecule has 1 saturated heterocycles. The second-order valence-electron chi connectivity index (χ2n) is 9.52. The van der Waals surface area contributed by atoms with Crippen LogP contribution < -0.4 is 9.47 Å². The van der Waals surface area contributed by atoms with Crippen LogP contribution in [-0.2, 0) is 22.6 Å². The molecule has 0 radical (unpaired) electrons. The number of aryl methyl sites for hydroxylation is 1. The number of carbonyl (C=O) groups excluding carboxylic acids is 2. The van der Waals surface area contributed by atoms with Crippen molar-refractivity contribution in [1.82, 2.24) is 14.5 Å². The number of Topliss-reactive ketones (excluding diaryl/α,β-unsaturated/α-hetero) is 1. The first-order valence-corrected chi connectivity index (χ1v) is 12.7. The zero-order valence-corrected chi connectivity index (χ0v) is 21.1. The first-order valence-electron chi connectivity index (χ1n) is 12.7. The molecule has 0 spiro atoms. The Morgan fingerprint density at radius 1 is 1.19 bits per heavy atom. The number of benzene rings is 2. The van der Waals surface area contributed by atoms with Crippen LogP contribution in [0.4, 0.5) is 0 Å². The molecule has 0 unspecified atom stereocenters. The Morgan fingerprint density at radius 3 is 2.84 bits per heavy atom. The third-order valence-corrected chi connectivity index (χ3v) is 6.73. The zero-order valence-electron chi connectivity index (χ0n) is 21.1. The molecule has 2 atom stereocenters. The lowest BCUT2D eigenvalue weighted by atomic mass is 9.94. The number of rotatable bonds is 9. The van der Waals surface area contributed by atoms with Crippen LogP contribution in [-0.4, -0.2) is 50.5 Å². The highest BCUT2D eigenvalue weighted by Crippen LogP contribution is 2.41. The molecular weight excluding hydrogens is 470 g/mol. The maximum Gasteiger partial charge on any atom is 0.295 e. The van der Waals surface area contributed by atoms with Gasteiger partial charge in [-0.2, -0.15) is 0 Å². The SMILES string of the molecule is CCCOc1cccc([C@@H]2C(=C(O)c3ccc4c(c3)C[C@H](C)O4)C(=O)C(=O)N2CCCn2ccnc2)c1. The predicted molar refractivity (Wildman–Crippen MR) is 138 cm³/mol. The number of imidazole rings is 1. The number of ether oxygens (including phenoxy) is 2. The summed E-state index contributed by atoms with van der Waals surface area (Å²) in [5.41, 5.74) is 2.27. The number of aliphatic hydroxyl groups is 1. The number of carbonyl (C=O) groups is 2. The Hall–Kier alpha value is -4.07. The molecule has 1 amide bonds. The summed E-state index contributed by atoms with van der Waals surface area (Å²) in [5, 5.41) is 11.4. The van der Waals surface area contributed by atoms with E-state index in [0.29, 0.717) is 37.4 Å². The van der Waals surface area contributed by atoms with Crippen LogP contribution in [0.2, 0.25) is 0 Å². The van der Waals surface area contributed by atoms with E-state index >= 15 is 0 Å². The number of fused-ring (bicyclic) bond motifs is 1. The summed E-state index contributed by atoms with van der Waals surface area (Å²) >= 11 is 0. The minimum Gasteiger partial charge on any atom is -0.507 e. The highest BCUT2D eigenvalue weighted by Gasteiger charge is 2.46. The zero-order chi connectivity index (χ0) is 25.9. The molecule has 37 heavy (non-hydrogen) atoms. The van der Waals surface area contributed by atoms with Gasteiger partial charge in [-0.05, 0) is 61.2 Å². The van der Waals surface area contributed by atoms with E-state index in [1.54, 1.807) is 23.5 Å². The van der Waals surface area contributed by atoms with E-state index in [4.69, 9.17) is 9.47 Å². The average molecular weight is 502 g/mol. The van der Waals surface area contributed by atoms with Gasteiger partial charge >= 0.3 is 0 Å². The molecule has 8 nitrogen and oxygen atoms in total. The molecule has 0 aliphatic carbocycles. The third-order valence-electron chi connectivity index (χ3n) is 6.73. The van der Waals surface area contributed by atoms with Crippen LogP contribution in [0.5, 0.6) is 11.5 Å². The Kier molecular flexibility index (Phi) is 6.99. The van der Waals surface area contributed by atoms with Gasteiger partial charge in [0.15, 0.2) is 0 Å². The smallest absolute Gasteiger partial charge is 0.295 e. The fraction of sp³-hybridized carbons (Fsp3) is 0.345. The topological polar surface area (TPSA) is 93.9 Å². The summed E-state index contributed by atoms with van der Waals surface area (Å²) in [4.78, 5) is 32.3. The highest BCUT2D eigenvalue weighted by atomic mass is 16.5. The molecule has 0 bridgehead atoms. The van der Waals surface area contributed by atoms with E-state index in [-0.39, 0.29) is 17.4 Å². The Balaban J connectivity index is 1.53. The van der Waals surface area contributed by atoms with E-state index in [9.17, 15) is 14.7 Å². The van der Waals surface area contributed by atoms with Gasteiger partial charge in [0.2, 0.25) is 0 Å². The first kappa shape index (κ1) is 24.6. The molecule has 1 N–H and O–H groups in total. The first-order chi connectivity index (χ1) is 18.0. The summed E-state index contributed by atoms with van der Waals surface area (Å²) in [5.74, 6) is -0.0404. The van der Waals surface area contributed by atoms with Crippen LogP contribution in [0.25, 0.3) is 5.76 Å². The lowest BCUT2D eigenvalue weighted by Gasteiger charge is -2.26. The van der Waals surface area contributed by atoms with Gasteiger partial charge in [-0.25, -0.2) is 4.98 Å². The fourth-order valence-corrected chi connectivity index (χ4v) is 5.02. The molecule has 0 saturated carbocycles. The number of aromatic nitrogens is 2. The second-order valence-corrected chi connectivity index (χ2v) is 9.52. The second kappa shape index (κ2) is 10.5. The monoisotopic (exact) mass is 501 g/mol. The molecule has 3 aromatic rings. The minimum atomic E-state index is -0.726. The van der Waals surface area contributed by atoms with Crippen molar-refractivity contribution in [2.75, 3.05) is 13.2 Å². The van der Waals surface area contributed by atoms with Crippen molar-refractivity contribution in [3.05, 3.63) is 83.4 Å². The summed E-state index contributed by atoms with van der Waals surface area (Å²) in [6.45, 7) is 5.58. The van der Waals surface area contributed by atoms with Crippen LogP contribution in [0, 0.1) is 0 Å². The van der Waals surface area contributed by atoms with Crippen molar-refractivity contribution in [3.8, 4) is 11.5 Å². The van der Waals surface area contributed by atoms with Gasteiger partial charge in [-0.1, -0.05) is 19.1 Å². The molecule has 1 fully saturated rings. The van der Waals surface area contributed by atoms with Gasteiger partial charge in [0.05, 0.1) is 24.5 Å². The number of amides is 1. The van der Waals surface area contributed by atoms with Crippen molar-refractivity contribution >= 4 is 17.4 Å². The molecular formula is C29H31N3O5. The number of hydrogen-bond acceptors (Lipinski definition) is 6. The van der Waals surface area contributed by atoms with Crippen LogP contribution >= 0.6 is 0 Å². The van der Waals surface area contributed by atoms with Gasteiger partial charge < -0.3 is 24.0 Å². The van der Waals surface area contributed by atoms with E-state index in [1.165, 1.54) is 0 Å². The quantitative estimate of drug-likeness (QED) is 0.264. The molecule has 5 rings (SSSR count). The van der Waals surface area contributed by atoms with Crippen LogP contribution in [0.3, 0.4) is 0 Å². The molecule has 1 aromatic heterocycles.